The van der Waals surface area contributed by atoms with Crippen LogP contribution in [0.15, 0.2) is 16.9 Å². The second kappa shape index (κ2) is 9.17. The number of rotatable bonds is 11. The zero-order chi connectivity index (χ0) is 14.0. The SMILES string of the molecule is CCCCCCC(C)(CCCCCC)c1ncco1. The molecule has 1 aromatic heterocycles. The molecular formula is C17H31NO. The lowest BCUT2D eigenvalue weighted by atomic mass is 9.79. The standard InChI is InChI=1S/C17H31NO/c1-4-6-8-10-12-17(3,13-11-9-7-5-2)16-18-14-15-19-16/h14-15H,4-13H2,1-3H3. The molecule has 0 saturated carbocycles. The zero-order valence-electron chi connectivity index (χ0n) is 13.1. The summed E-state index contributed by atoms with van der Waals surface area (Å²) in [6, 6.07) is 0. The molecule has 0 N–H and O–H groups in total. The minimum absolute atomic E-state index is 0.144. The molecule has 19 heavy (non-hydrogen) atoms. The summed E-state index contributed by atoms with van der Waals surface area (Å²) in [6.07, 6.45) is 16.5. The van der Waals surface area contributed by atoms with E-state index in [1.165, 1.54) is 64.2 Å². The fourth-order valence-corrected chi connectivity index (χ4v) is 2.74. The number of unbranched alkanes of at least 4 members (excludes halogenated alkanes) is 6. The first-order valence-electron chi connectivity index (χ1n) is 8.13. The summed E-state index contributed by atoms with van der Waals surface area (Å²) in [7, 11) is 0. The number of hydrogen-bond acceptors (Lipinski definition) is 2. The van der Waals surface area contributed by atoms with Gasteiger partial charge in [-0.25, -0.2) is 4.98 Å². The molecule has 2 nitrogen and oxygen atoms in total. The third kappa shape index (κ3) is 5.80. The van der Waals surface area contributed by atoms with Crippen molar-refractivity contribution in [1.29, 1.82) is 0 Å². The van der Waals surface area contributed by atoms with Gasteiger partial charge in [-0.2, -0.15) is 0 Å². The van der Waals surface area contributed by atoms with Crippen molar-refractivity contribution in [2.75, 3.05) is 0 Å². The van der Waals surface area contributed by atoms with Crippen LogP contribution in [0.2, 0.25) is 0 Å². The Kier molecular flexibility index (Phi) is 7.85. The molecular weight excluding hydrogens is 234 g/mol. The summed E-state index contributed by atoms with van der Waals surface area (Å²) in [5.41, 5.74) is 0.144. The minimum Gasteiger partial charge on any atom is -0.448 e. The Labute approximate surface area is 119 Å². The summed E-state index contributed by atoms with van der Waals surface area (Å²) < 4.78 is 5.60. The molecule has 0 fully saturated rings. The lowest BCUT2D eigenvalue weighted by Crippen LogP contribution is -2.22. The highest BCUT2D eigenvalue weighted by Gasteiger charge is 2.29. The molecule has 0 spiro atoms. The highest BCUT2D eigenvalue weighted by atomic mass is 16.3. The highest BCUT2D eigenvalue weighted by molar-refractivity contribution is 5.02. The van der Waals surface area contributed by atoms with Crippen LogP contribution in [0.5, 0.6) is 0 Å². The van der Waals surface area contributed by atoms with Crippen LogP contribution in [-0.2, 0) is 5.41 Å². The number of oxazole rings is 1. The van der Waals surface area contributed by atoms with Gasteiger partial charge < -0.3 is 4.42 Å². The van der Waals surface area contributed by atoms with E-state index in [4.69, 9.17) is 4.42 Å². The lowest BCUT2D eigenvalue weighted by molar-refractivity contribution is 0.287. The molecule has 0 unspecified atom stereocenters. The smallest absolute Gasteiger partial charge is 0.199 e. The average molecular weight is 265 g/mol. The normalized spacial score (nSPS) is 11.9. The monoisotopic (exact) mass is 265 g/mol. The molecule has 2 heteroatoms. The van der Waals surface area contributed by atoms with E-state index in [1.807, 2.05) is 0 Å². The van der Waals surface area contributed by atoms with Gasteiger partial charge in [0.15, 0.2) is 5.89 Å². The summed E-state index contributed by atoms with van der Waals surface area (Å²) >= 11 is 0. The van der Waals surface area contributed by atoms with Gasteiger partial charge in [0, 0.05) is 5.41 Å². The van der Waals surface area contributed by atoms with Gasteiger partial charge in [0.25, 0.3) is 0 Å². The molecule has 1 rings (SSSR count). The van der Waals surface area contributed by atoms with Gasteiger partial charge in [0.05, 0.1) is 6.20 Å². The van der Waals surface area contributed by atoms with E-state index in [0.29, 0.717) is 0 Å². The molecule has 0 atom stereocenters. The fourth-order valence-electron chi connectivity index (χ4n) is 2.74. The van der Waals surface area contributed by atoms with Gasteiger partial charge >= 0.3 is 0 Å². The molecule has 0 bridgehead atoms. The van der Waals surface area contributed by atoms with E-state index in [1.54, 1.807) is 12.5 Å². The third-order valence-electron chi connectivity index (χ3n) is 4.11. The summed E-state index contributed by atoms with van der Waals surface area (Å²) in [6.45, 7) is 6.85. The molecule has 0 saturated heterocycles. The van der Waals surface area contributed by atoms with E-state index in [9.17, 15) is 0 Å². The van der Waals surface area contributed by atoms with Crippen LogP contribution in [0.4, 0.5) is 0 Å². The van der Waals surface area contributed by atoms with Gasteiger partial charge in [-0.05, 0) is 12.8 Å². The van der Waals surface area contributed by atoms with Gasteiger partial charge in [0.2, 0.25) is 0 Å². The van der Waals surface area contributed by atoms with Crippen LogP contribution in [0.25, 0.3) is 0 Å². The van der Waals surface area contributed by atoms with Crippen LogP contribution in [0, 0.1) is 0 Å². The minimum atomic E-state index is 0.144. The lowest BCUT2D eigenvalue weighted by Gasteiger charge is -2.26. The number of aromatic nitrogens is 1. The summed E-state index contributed by atoms with van der Waals surface area (Å²) in [5, 5.41) is 0. The molecule has 0 aromatic carbocycles. The molecule has 0 radical (unpaired) electrons. The quantitative estimate of drug-likeness (QED) is 0.467. The van der Waals surface area contributed by atoms with Gasteiger partial charge in [-0.1, -0.05) is 72.1 Å². The van der Waals surface area contributed by atoms with Crippen molar-refractivity contribution in [2.24, 2.45) is 0 Å². The maximum absolute atomic E-state index is 5.60. The van der Waals surface area contributed by atoms with Crippen molar-refractivity contribution in [2.45, 2.75) is 90.4 Å². The molecule has 1 aromatic rings. The second-order valence-electron chi connectivity index (χ2n) is 6.02. The molecule has 0 aliphatic rings. The Bertz CT molecular complexity index is 293. The van der Waals surface area contributed by atoms with Crippen molar-refractivity contribution in [1.82, 2.24) is 4.98 Å². The largest absolute Gasteiger partial charge is 0.448 e. The maximum atomic E-state index is 5.60. The first-order valence-corrected chi connectivity index (χ1v) is 8.13. The van der Waals surface area contributed by atoms with Gasteiger partial charge in [-0.15, -0.1) is 0 Å². The Morgan fingerprint density at radius 1 is 0.947 bits per heavy atom. The van der Waals surface area contributed by atoms with Crippen LogP contribution >= 0.6 is 0 Å². The van der Waals surface area contributed by atoms with Crippen molar-refractivity contribution in [3.8, 4) is 0 Å². The van der Waals surface area contributed by atoms with E-state index >= 15 is 0 Å². The Balaban J connectivity index is 2.47. The van der Waals surface area contributed by atoms with Crippen molar-refractivity contribution in [3.05, 3.63) is 18.4 Å². The van der Waals surface area contributed by atoms with Crippen LogP contribution in [-0.4, -0.2) is 4.98 Å². The molecule has 0 aliphatic heterocycles. The first-order chi connectivity index (χ1) is 9.23. The van der Waals surface area contributed by atoms with E-state index < -0.39 is 0 Å². The maximum Gasteiger partial charge on any atom is 0.199 e. The first kappa shape index (κ1) is 16.3. The topological polar surface area (TPSA) is 26.0 Å². The van der Waals surface area contributed by atoms with Crippen molar-refractivity contribution in [3.63, 3.8) is 0 Å². The van der Waals surface area contributed by atoms with Crippen molar-refractivity contribution >= 4 is 0 Å². The predicted molar refractivity (Wildman–Crippen MR) is 81.4 cm³/mol. The molecule has 0 amide bonds. The highest BCUT2D eigenvalue weighted by Crippen LogP contribution is 2.34. The van der Waals surface area contributed by atoms with E-state index in [2.05, 4.69) is 25.8 Å². The zero-order valence-corrected chi connectivity index (χ0v) is 13.1. The Hall–Kier alpha value is -0.790. The van der Waals surface area contributed by atoms with Crippen LogP contribution < -0.4 is 0 Å². The van der Waals surface area contributed by atoms with E-state index in [-0.39, 0.29) is 5.41 Å². The van der Waals surface area contributed by atoms with Crippen LogP contribution in [0.3, 0.4) is 0 Å². The Morgan fingerprint density at radius 2 is 1.53 bits per heavy atom. The average Bonchev–Trinajstić information content (AvgIpc) is 2.95. The fraction of sp³-hybridized carbons (Fsp3) is 0.824. The van der Waals surface area contributed by atoms with Crippen molar-refractivity contribution < 1.29 is 4.42 Å². The Morgan fingerprint density at radius 3 is 1.95 bits per heavy atom. The van der Waals surface area contributed by atoms with Gasteiger partial charge in [-0.3, -0.25) is 0 Å². The molecule has 110 valence electrons. The molecule has 0 aliphatic carbocycles. The summed E-state index contributed by atoms with van der Waals surface area (Å²) in [5.74, 6) is 0.945. The third-order valence-corrected chi connectivity index (χ3v) is 4.11. The summed E-state index contributed by atoms with van der Waals surface area (Å²) in [4.78, 5) is 4.42. The second-order valence-corrected chi connectivity index (χ2v) is 6.02. The number of nitrogens with zero attached hydrogens (tertiary/aromatic N) is 1. The van der Waals surface area contributed by atoms with E-state index in [0.717, 1.165) is 5.89 Å². The van der Waals surface area contributed by atoms with Gasteiger partial charge in [0.1, 0.15) is 6.26 Å². The predicted octanol–water partition coefficient (Wildman–Crippen LogP) is 5.87. The number of hydrogen-bond donors (Lipinski definition) is 0. The molecule has 1 heterocycles. The van der Waals surface area contributed by atoms with Crippen LogP contribution in [0.1, 0.15) is 90.9 Å².